The van der Waals surface area contributed by atoms with Gasteiger partial charge in [0.2, 0.25) is 0 Å². The molecule has 0 spiro atoms. The predicted molar refractivity (Wildman–Crippen MR) is 89.2 cm³/mol. The van der Waals surface area contributed by atoms with E-state index in [0.29, 0.717) is 4.90 Å². The highest BCUT2D eigenvalue weighted by molar-refractivity contribution is 9.10. The van der Waals surface area contributed by atoms with E-state index in [0.717, 1.165) is 16.5 Å². The summed E-state index contributed by atoms with van der Waals surface area (Å²) in [6, 6.07) is 15.4. The van der Waals surface area contributed by atoms with Gasteiger partial charge >= 0.3 is 0 Å². The second-order valence-corrected chi connectivity index (χ2v) is 7.94. The highest BCUT2D eigenvalue weighted by atomic mass is 79.9. The lowest BCUT2D eigenvalue weighted by Crippen LogP contribution is -2.18. The Morgan fingerprint density at radius 2 is 1.62 bits per heavy atom. The van der Waals surface area contributed by atoms with E-state index < -0.39 is 9.84 Å². The van der Waals surface area contributed by atoms with E-state index in [2.05, 4.69) is 33.4 Å². The number of hydrogen-bond acceptors (Lipinski definition) is 3. The Kier molecular flexibility index (Phi) is 5.19. The fourth-order valence-corrected chi connectivity index (χ4v) is 3.08. The van der Waals surface area contributed by atoms with Crippen LogP contribution in [0.15, 0.2) is 57.9 Å². The Balaban J connectivity index is 2.19. The van der Waals surface area contributed by atoms with Gasteiger partial charge in [0.15, 0.2) is 9.84 Å². The molecule has 0 aliphatic rings. The van der Waals surface area contributed by atoms with Crippen LogP contribution >= 0.6 is 15.9 Å². The second kappa shape index (κ2) is 6.73. The summed E-state index contributed by atoms with van der Waals surface area (Å²) < 4.78 is 24.0. The third-order valence-corrected chi connectivity index (χ3v) is 5.07. The van der Waals surface area contributed by atoms with Crippen LogP contribution < -0.4 is 5.32 Å². The maximum Gasteiger partial charge on any atom is 0.175 e. The minimum atomic E-state index is -3.14. The van der Waals surface area contributed by atoms with Gasteiger partial charge in [-0.25, -0.2) is 8.42 Å². The molecule has 0 fully saturated rings. The Morgan fingerprint density at radius 3 is 2.10 bits per heavy atom. The fourth-order valence-electron chi connectivity index (χ4n) is 2.19. The molecular formula is C16H18BrNO2S. The highest BCUT2D eigenvalue weighted by Crippen LogP contribution is 2.21. The maximum absolute atomic E-state index is 11.5. The lowest BCUT2D eigenvalue weighted by Gasteiger charge is -2.17. The summed E-state index contributed by atoms with van der Waals surface area (Å²) in [4.78, 5) is 0.352. The maximum atomic E-state index is 11.5. The zero-order chi connectivity index (χ0) is 15.5. The van der Waals surface area contributed by atoms with Gasteiger partial charge in [0, 0.05) is 16.8 Å². The molecule has 0 saturated carbocycles. The first-order valence-corrected chi connectivity index (χ1v) is 9.30. The van der Waals surface area contributed by atoms with Crippen molar-refractivity contribution in [2.75, 3.05) is 13.3 Å². The molecule has 2 aromatic carbocycles. The Bertz CT molecular complexity index is 694. The summed E-state index contributed by atoms with van der Waals surface area (Å²) in [6.45, 7) is 0. The quantitative estimate of drug-likeness (QED) is 0.881. The van der Waals surface area contributed by atoms with Crippen molar-refractivity contribution in [3.63, 3.8) is 0 Å². The number of halogens is 1. The van der Waals surface area contributed by atoms with Crippen molar-refractivity contribution in [2.45, 2.75) is 17.4 Å². The minimum absolute atomic E-state index is 0.153. The van der Waals surface area contributed by atoms with Crippen LogP contribution in [-0.4, -0.2) is 21.7 Å². The predicted octanol–water partition coefficient (Wildman–Crippen LogP) is 3.36. The molecule has 2 aromatic rings. The number of benzene rings is 2. The van der Waals surface area contributed by atoms with Crippen LogP contribution in [-0.2, 0) is 16.3 Å². The van der Waals surface area contributed by atoms with Crippen LogP contribution in [0.3, 0.4) is 0 Å². The summed E-state index contributed by atoms with van der Waals surface area (Å²) in [5.74, 6) is 0. The molecule has 0 radical (unpaired) electrons. The SMILES string of the molecule is CNC(Cc1ccc(Br)cc1)c1ccc(S(C)(=O)=O)cc1. The summed E-state index contributed by atoms with van der Waals surface area (Å²) in [5.41, 5.74) is 2.30. The van der Waals surface area contributed by atoms with Gasteiger partial charge in [-0.2, -0.15) is 0 Å². The van der Waals surface area contributed by atoms with Gasteiger partial charge in [-0.3, -0.25) is 0 Å². The van der Waals surface area contributed by atoms with E-state index in [9.17, 15) is 8.42 Å². The molecule has 21 heavy (non-hydrogen) atoms. The van der Waals surface area contributed by atoms with Gasteiger partial charge in [0.1, 0.15) is 0 Å². The summed E-state index contributed by atoms with van der Waals surface area (Å²) >= 11 is 3.43. The van der Waals surface area contributed by atoms with Gasteiger partial charge in [-0.1, -0.05) is 40.2 Å². The molecular weight excluding hydrogens is 350 g/mol. The highest BCUT2D eigenvalue weighted by Gasteiger charge is 2.12. The van der Waals surface area contributed by atoms with Gasteiger partial charge < -0.3 is 5.32 Å². The number of likely N-dealkylation sites (N-methyl/N-ethyl adjacent to an activating group) is 1. The van der Waals surface area contributed by atoms with E-state index in [1.54, 1.807) is 12.1 Å². The van der Waals surface area contributed by atoms with Crippen LogP contribution in [0.25, 0.3) is 0 Å². The van der Waals surface area contributed by atoms with Gasteiger partial charge in [0.25, 0.3) is 0 Å². The smallest absolute Gasteiger partial charge is 0.175 e. The second-order valence-electron chi connectivity index (χ2n) is 5.01. The van der Waals surface area contributed by atoms with Crippen LogP contribution in [0.1, 0.15) is 17.2 Å². The first-order chi connectivity index (χ1) is 9.90. The van der Waals surface area contributed by atoms with Crippen molar-refractivity contribution >= 4 is 25.8 Å². The van der Waals surface area contributed by atoms with Crippen molar-refractivity contribution in [3.8, 4) is 0 Å². The summed E-state index contributed by atoms with van der Waals surface area (Å²) in [7, 11) is -1.23. The van der Waals surface area contributed by atoms with Crippen molar-refractivity contribution in [1.82, 2.24) is 5.32 Å². The van der Waals surface area contributed by atoms with Crippen molar-refractivity contribution < 1.29 is 8.42 Å². The molecule has 1 unspecified atom stereocenters. The van der Waals surface area contributed by atoms with E-state index in [1.807, 2.05) is 31.3 Å². The first kappa shape index (κ1) is 16.2. The molecule has 2 rings (SSSR count). The molecule has 0 heterocycles. The molecule has 0 saturated heterocycles. The first-order valence-electron chi connectivity index (χ1n) is 6.62. The van der Waals surface area contributed by atoms with Crippen LogP contribution in [0, 0.1) is 0 Å². The topological polar surface area (TPSA) is 46.2 Å². The molecule has 0 bridgehead atoms. The fraction of sp³-hybridized carbons (Fsp3) is 0.250. The summed E-state index contributed by atoms with van der Waals surface area (Å²) in [6.07, 6.45) is 2.07. The number of hydrogen-bond donors (Lipinski definition) is 1. The molecule has 5 heteroatoms. The van der Waals surface area contributed by atoms with E-state index >= 15 is 0 Å². The molecule has 112 valence electrons. The van der Waals surface area contributed by atoms with E-state index in [4.69, 9.17) is 0 Å². The number of sulfone groups is 1. The lowest BCUT2D eigenvalue weighted by molar-refractivity contribution is 0.590. The van der Waals surface area contributed by atoms with E-state index in [1.165, 1.54) is 11.8 Å². The largest absolute Gasteiger partial charge is 0.313 e. The molecule has 0 amide bonds. The van der Waals surface area contributed by atoms with Gasteiger partial charge in [-0.05, 0) is 48.9 Å². The van der Waals surface area contributed by atoms with Crippen LogP contribution in [0.5, 0.6) is 0 Å². The average molecular weight is 368 g/mol. The normalized spacial score (nSPS) is 13.1. The monoisotopic (exact) mass is 367 g/mol. The molecule has 0 aliphatic heterocycles. The third kappa shape index (κ3) is 4.40. The molecule has 0 aromatic heterocycles. The van der Waals surface area contributed by atoms with Gasteiger partial charge in [-0.15, -0.1) is 0 Å². The van der Waals surface area contributed by atoms with Crippen molar-refractivity contribution in [3.05, 3.63) is 64.1 Å². The average Bonchev–Trinajstić information content (AvgIpc) is 2.46. The Hall–Kier alpha value is -1.17. The lowest BCUT2D eigenvalue weighted by atomic mass is 9.99. The van der Waals surface area contributed by atoms with Crippen molar-refractivity contribution in [1.29, 1.82) is 0 Å². The molecule has 1 atom stereocenters. The van der Waals surface area contributed by atoms with Crippen molar-refractivity contribution in [2.24, 2.45) is 0 Å². The molecule has 0 aliphatic carbocycles. The molecule has 1 N–H and O–H groups in total. The zero-order valence-electron chi connectivity index (χ0n) is 12.0. The van der Waals surface area contributed by atoms with Crippen LogP contribution in [0.2, 0.25) is 0 Å². The minimum Gasteiger partial charge on any atom is -0.313 e. The number of rotatable bonds is 5. The zero-order valence-corrected chi connectivity index (χ0v) is 14.4. The van der Waals surface area contributed by atoms with Crippen LogP contribution in [0.4, 0.5) is 0 Å². The standard InChI is InChI=1S/C16H18BrNO2S/c1-18-16(11-12-3-7-14(17)8-4-12)13-5-9-15(10-6-13)21(2,19)20/h3-10,16,18H,11H2,1-2H3. The third-order valence-electron chi connectivity index (χ3n) is 3.41. The van der Waals surface area contributed by atoms with E-state index in [-0.39, 0.29) is 6.04 Å². The summed E-state index contributed by atoms with van der Waals surface area (Å²) in [5, 5.41) is 3.28. The Morgan fingerprint density at radius 1 is 1.05 bits per heavy atom. The Labute approximate surface area is 134 Å². The van der Waals surface area contributed by atoms with Gasteiger partial charge in [0.05, 0.1) is 4.90 Å². The molecule has 3 nitrogen and oxygen atoms in total. The number of nitrogens with one attached hydrogen (secondary N) is 1.